The molecule has 6 heteroatoms. The maximum atomic E-state index is 11.9. The molecule has 1 fully saturated rings. The number of H-pyrrole nitrogens is 1. The lowest BCUT2D eigenvalue weighted by atomic mass is 9.99. The van der Waals surface area contributed by atoms with Crippen molar-refractivity contribution in [3.05, 3.63) is 53.1 Å². The predicted octanol–water partition coefficient (Wildman–Crippen LogP) is 2.64. The third kappa shape index (κ3) is 3.04. The molecule has 1 saturated heterocycles. The number of nitrogens with two attached hydrogens (primary N) is 1. The van der Waals surface area contributed by atoms with Crippen LogP contribution in [0, 0.1) is 5.92 Å². The predicted molar refractivity (Wildman–Crippen MR) is 110 cm³/mol. The number of rotatable bonds is 5. The molecular formula is C22H24N4O2. The van der Waals surface area contributed by atoms with Gasteiger partial charge in [0.15, 0.2) is 0 Å². The number of ether oxygens (including phenoxy) is 1. The highest BCUT2D eigenvalue weighted by molar-refractivity contribution is 6.09. The Kier molecular flexibility index (Phi) is 4.30. The molecule has 0 unspecified atom stereocenters. The van der Waals surface area contributed by atoms with E-state index in [4.69, 9.17) is 10.5 Å². The van der Waals surface area contributed by atoms with Crippen LogP contribution in [0.3, 0.4) is 0 Å². The number of aromatic amines is 1. The Morgan fingerprint density at radius 3 is 2.86 bits per heavy atom. The minimum absolute atomic E-state index is 0.424. The summed E-state index contributed by atoms with van der Waals surface area (Å²) in [6.07, 6.45) is 0.957. The van der Waals surface area contributed by atoms with E-state index in [1.54, 1.807) is 6.07 Å². The summed E-state index contributed by atoms with van der Waals surface area (Å²) in [7, 11) is 0. The van der Waals surface area contributed by atoms with E-state index in [-0.39, 0.29) is 0 Å². The number of aromatic nitrogens is 1. The molecule has 144 valence electrons. The fourth-order valence-corrected chi connectivity index (χ4v) is 4.02. The average molecular weight is 376 g/mol. The van der Waals surface area contributed by atoms with E-state index in [0.717, 1.165) is 60.5 Å². The third-order valence-corrected chi connectivity index (χ3v) is 5.80. The molecule has 2 aliphatic heterocycles. The SMILES string of the molecule is NC(=O)c1ccc(NCC2CNC2)c2cc(-c3ccc4c(c3)COCC4)[nH]c12. The average Bonchev–Trinajstić information content (AvgIpc) is 3.11. The number of carbonyl (C=O) groups is 1. The molecule has 2 aliphatic rings. The van der Waals surface area contributed by atoms with Crippen molar-refractivity contribution in [2.75, 3.05) is 31.6 Å². The summed E-state index contributed by atoms with van der Waals surface area (Å²) in [5.41, 5.74) is 12.6. The zero-order chi connectivity index (χ0) is 19.1. The van der Waals surface area contributed by atoms with Gasteiger partial charge in [0.05, 0.1) is 24.3 Å². The second kappa shape index (κ2) is 6.96. The molecule has 3 heterocycles. The van der Waals surface area contributed by atoms with Crippen molar-refractivity contribution in [3.8, 4) is 11.3 Å². The van der Waals surface area contributed by atoms with Crippen LogP contribution in [0.15, 0.2) is 36.4 Å². The largest absolute Gasteiger partial charge is 0.384 e. The van der Waals surface area contributed by atoms with Crippen molar-refractivity contribution >= 4 is 22.5 Å². The second-order valence-corrected chi connectivity index (χ2v) is 7.69. The summed E-state index contributed by atoms with van der Waals surface area (Å²) in [4.78, 5) is 15.4. The van der Waals surface area contributed by atoms with Crippen LogP contribution in [0.5, 0.6) is 0 Å². The summed E-state index contributed by atoms with van der Waals surface area (Å²) in [5, 5.41) is 7.82. The zero-order valence-corrected chi connectivity index (χ0v) is 15.7. The number of benzene rings is 2. The lowest BCUT2D eigenvalue weighted by Gasteiger charge is -2.27. The van der Waals surface area contributed by atoms with Crippen molar-refractivity contribution in [1.29, 1.82) is 0 Å². The van der Waals surface area contributed by atoms with Gasteiger partial charge in [-0.15, -0.1) is 0 Å². The summed E-state index contributed by atoms with van der Waals surface area (Å²) < 4.78 is 5.60. The highest BCUT2D eigenvalue weighted by Crippen LogP contribution is 2.33. The Bertz CT molecular complexity index is 1050. The van der Waals surface area contributed by atoms with Crippen molar-refractivity contribution in [2.45, 2.75) is 13.0 Å². The smallest absolute Gasteiger partial charge is 0.250 e. The van der Waals surface area contributed by atoms with E-state index in [9.17, 15) is 4.79 Å². The van der Waals surface area contributed by atoms with Gasteiger partial charge in [0, 0.05) is 42.3 Å². The van der Waals surface area contributed by atoms with Crippen molar-refractivity contribution in [3.63, 3.8) is 0 Å². The third-order valence-electron chi connectivity index (χ3n) is 5.80. The zero-order valence-electron chi connectivity index (χ0n) is 15.7. The van der Waals surface area contributed by atoms with Crippen LogP contribution in [0.4, 0.5) is 5.69 Å². The monoisotopic (exact) mass is 376 g/mol. The number of hydrogen-bond donors (Lipinski definition) is 4. The number of nitrogens with one attached hydrogen (secondary N) is 3. The molecule has 2 aromatic carbocycles. The van der Waals surface area contributed by atoms with Crippen molar-refractivity contribution in [2.24, 2.45) is 11.7 Å². The van der Waals surface area contributed by atoms with E-state index in [0.29, 0.717) is 18.1 Å². The van der Waals surface area contributed by atoms with E-state index in [1.165, 1.54) is 11.1 Å². The minimum atomic E-state index is -0.424. The first-order chi connectivity index (χ1) is 13.7. The molecule has 1 aromatic heterocycles. The van der Waals surface area contributed by atoms with Gasteiger partial charge in [-0.3, -0.25) is 4.79 Å². The number of anilines is 1. The number of primary amides is 1. The lowest BCUT2D eigenvalue weighted by molar-refractivity contribution is 0.100. The molecule has 0 radical (unpaired) electrons. The summed E-state index contributed by atoms with van der Waals surface area (Å²) in [6, 6.07) is 12.3. The van der Waals surface area contributed by atoms with Gasteiger partial charge in [-0.2, -0.15) is 0 Å². The first kappa shape index (κ1) is 17.3. The van der Waals surface area contributed by atoms with Gasteiger partial charge in [-0.1, -0.05) is 12.1 Å². The van der Waals surface area contributed by atoms with Gasteiger partial charge in [-0.05, 0) is 47.4 Å². The maximum Gasteiger partial charge on any atom is 0.250 e. The van der Waals surface area contributed by atoms with Gasteiger partial charge >= 0.3 is 0 Å². The van der Waals surface area contributed by atoms with Gasteiger partial charge in [0.2, 0.25) is 0 Å². The number of amides is 1. The maximum absolute atomic E-state index is 11.9. The van der Waals surface area contributed by atoms with Crippen LogP contribution in [0.25, 0.3) is 22.2 Å². The summed E-state index contributed by atoms with van der Waals surface area (Å²) >= 11 is 0. The molecule has 6 nitrogen and oxygen atoms in total. The molecule has 5 N–H and O–H groups in total. The molecular weight excluding hydrogens is 352 g/mol. The van der Waals surface area contributed by atoms with Crippen molar-refractivity contribution < 1.29 is 9.53 Å². The normalized spacial score (nSPS) is 16.6. The molecule has 0 bridgehead atoms. The fourth-order valence-electron chi connectivity index (χ4n) is 4.02. The second-order valence-electron chi connectivity index (χ2n) is 7.69. The number of carbonyl (C=O) groups excluding carboxylic acids is 1. The Labute approximate surface area is 163 Å². The lowest BCUT2D eigenvalue weighted by Crippen LogP contribution is -2.45. The van der Waals surface area contributed by atoms with Crippen LogP contribution >= 0.6 is 0 Å². The molecule has 0 spiro atoms. The highest BCUT2D eigenvalue weighted by Gasteiger charge is 2.19. The van der Waals surface area contributed by atoms with Crippen LogP contribution in [0.1, 0.15) is 21.5 Å². The highest BCUT2D eigenvalue weighted by atomic mass is 16.5. The minimum Gasteiger partial charge on any atom is -0.384 e. The van der Waals surface area contributed by atoms with Crippen LogP contribution < -0.4 is 16.4 Å². The quantitative estimate of drug-likeness (QED) is 0.551. The Hall–Kier alpha value is -2.83. The first-order valence-corrected chi connectivity index (χ1v) is 9.79. The molecule has 3 aromatic rings. The summed E-state index contributed by atoms with van der Waals surface area (Å²) in [5.74, 6) is 0.219. The van der Waals surface area contributed by atoms with E-state index in [1.807, 2.05) is 6.07 Å². The van der Waals surface area contributed by atoms with Crippen LogP contribution in [-0.4, -0.2) is 37.1 Å². The fraction of sp³-hybridized carbons (Fsp3) is 0.318. The van der Waals surface area contributed by atoms with Gasteiger partial charge in [0.25, 0.3) is 5.91 Å². The molecule has 0 aliphatic carbocycles. The molecule has 1 amide bonds. The standard InChI is InChI=1S/C22H24N4O2/c23-22(27)17-3-4-19(25-11-13-9-24-10-13)18-8-20(26-21(17)18)15-2-1-14-5-6-28-12-16(14)7-15/h1-4,7-8,13,24-26H,5-6,9-12H2,(H2,23,27). The molecule has 5 rings (SSSR count). The van der Waals surface area contributed by atoms with Crippen LogP contribution in [-0.2, 0) is 17.8 Å². The molecule has 0 saturated carbocycles. The number of hydrogen-bond acceptors (Lipinski definition) is 4. The molecule has 0 atom stereocenters. The van der Waals surface area contributed by atoms with E-state index < -0.39 is 5.91 Å². The Balaban J connectivity index is 1.56. The Morgan fingerprint density at radius 2 is 2.07 bits per heavy atom. The topological polar surface area (TPSA) is 92.2 Å². The van der Waals surface area contributed by atoms with Crippen molar-refractivity contribution in [1.82, 2.24) is 10.3 Å². The summed E-state index contributed by atoms with van der Waals surface area (Å²) in [6.45, 7) is 4.44. The van der Waals surface area contributed by atoms with Crippen LogP contribution in [0.2, 0.25) is 0 Å². The van der Waals surface area contributed by atoms with Gasteiger partial charge in [0.1, 0.15) is 0 Å². The van der Waals surface area contributed by atoms with E-state index >= 15 is 0 Å². The van der Waals surface area contributed by atoms with Gasteiger partial charge in [-0.25, -0.2) is 0 Å². The van der Waals surface area contributed by atoms with E-state index in [2.05, 4.69) is 39.9 Å². The van der Waals surface area contributed by atoms with Gasteiger partial charge < -0.3 is 26.1 Å². The molecule has 28 heavy (non-hydrogen) atoms. The first-order valence-electron chi connectivity index (χ1n) is 9.79. The Morgan fingerprint density at radius 1 is 1.18 bits per heavy atom. The number of fused-ring (bicyclic) bond motifs is 2.